The second-order valence-corrected chi connectivity index (χ2v) is 5.39. The molecule has 0 bridgehead atoms. The fourth-order valence-electron chi connectivity index (χ4n) is 1.98. The highest BCUT2D eigenvalue weighted by atomic mass is 35.5. The smallest absolute Gasteiger partial charge is 0.323 e. The van der Waals surface area contributed by atoms with Gasteiger partial charge in [0.1, 0.15) is 0 Å². The first-order chi connectivity index (χ1) is 10.8. The van der Waals surface area contributed by atoms with Gasteiger partial charge in [-0.15, -0.1) is 0 Å². The Morgan fingerprint density at radius 2 is 1.83 bits per heavy atom. The summed E-state index contributed by atoms with van der Waals surface area (Å²) in [6, 6.07) is 10.9. The molecule has 3 nitrogen and oxygen atoms in total. The van der Waals surface area contributed by atoms with E-state index in [2.05, 4.69) is 5.32 Å². The molecular weight excluding hydrogens is 329 g/mol. The van der Waals surface area contributed by atoms with Gasteiger partial charge in [0.2, 0.25) is 5.91 Å². The van der Waals surface area contributed by atoms with Crippen LogP contribution in [0.2, 0.25) is 5.02 Å². The molecule has 0 aliphatic carbocycles. The van der Waals surface area contributed by atoms with Crippen molar-refractivity contribution in [2.45, 2.75) is 18.6 Å². The quantitative estimate of drug-likeness (QED) is 0.886. The number of carbonyl (C=O) groups is 1. The first-order valence-electron chi connectivity index (χ1n) is 6.74. The van der Waals surface area contributed by atoms with Crippen molar-refractivity contribution in [2.24, 2.45) is 5.73 Å². The molecule has 1 amide bonds. The van der Waals surface area contributed by atoms with Crippen LogP contribution in [0.3, 0.4) is 0 Å². The Morgan fingerprint density at radius 3 is 2.43 bits per heavy atom. The highest BCUT2D eigenvalue weighted by molar-refractivity contribution is 6.33. The van der Waals surface area contributed by atoms with E-state index in [1.54, 1.807) is 0 Å². The monoisotopic (exact) mass is 342 g/mol. The van der Waals surface area contributed by atoms with E-state index >= 15 is 0 Å². The Morgan fingerprint density at radius 1 is 1.17 bits per heavy atom. The Bertz CT molecular complexity index is 689. The number of nitrogens with one attached hydrogen (secondary N) is 1. The molecule has 3 N–H and O–H groups in total. The second-order valence-electron chi connectivity index (χ2n) is 4.98. The van der Waals surface area contributed by atoms with Crippen molar-refractivity contribution in [1.29, 1.82) is 0 Å². The number of carbonyl (C=O) groups excluding carboxylic acids is 1. The molecule has 0 aliphatic heterocycles. The van der Waals surface area contributed by atoms with Crippen LogP contribution in [-0.2, 0) is 17.4 Å². The summed E-state index contributed by atoms with van der Waals surface area (Å²) in [4.78, 5) is 12.1. The molecule has 1 unspecified atom stereocenters. The number of benzene rings is 2. The van der Waals surface area contributed by atoms with Gasteiger partial charge in [-0.25, -0.2) is 0 Å². The number of amides is 1. The fraction of sp³-hybridized carbons (Fsp3) is 0.188. The Kier molecular flexibility index (Phi) is 5.28. The minimum Gasteiger partial charge on any atom is -0.323 e. The topological polar surface area (TPSA) is 55.1 Å². The Hall–Kier alpha value is -2.05. The van der Waals surface area contributed by atoms with Gasteiger partial charge in [0.15, 0.2) is 0 Å². The molecule has 0 aliphatic rings. The molecule has 7 heteroatoms. The van der Waals surface area contributed by atoms with E-state index in [1.807, 2.05) is 30.3 Å². The molecule has 0 radical (unpaired) electrons. The van der Waals surface area contributed by atoms with Crippen LogP contribution in [-0.4, -0.2) is 11.9 Å². The standard InChI is InChI=1S/C16H14ClF3N2O/c17-12-7-6-11(16(18,19)20)9-14(12)22-15(23)13(21)8-10-4-2-1-3-5-10/h1-7,9,13H,8,21H2,(H,22,23). The van der Waals surface area contributed by atoms with E-state index in [0.29, 0.717) is 0 Å². The van der Waals surface area contributed by atoms with E-state index in [-0.39, 0.29) is 17.1 Å². The van der Waals surface area contributed by atoms with Gasteiger partial charge in [-0.2, -0.15) is 13.2 Å². The van der Waals surface area contributed by atoms with Crippen LogP contribution in [0, 0.1) is 0 Å². The zero-order valence-electron chi connectivity index (χ0n) is 11.9. The maximum Gasteiger partial charge on any atom is 0.416 e. The molecule has 23 heavy (non-hydrogen) atoms. The number of alkyl halides is 3. The summed E-state index contributed by atoms with van der Waals surface area (Å²) in [5.74, 6) is -0.602. The summed E-state index contributed by atoms with van der Waals surface area (Å²) < 4.78 is 38.1. The molecule has 1 atom stereocenters. The molecule has 2 aromatic rings. The van der Waals surface area contributed by atoms with Crippen LogP contribution in [0.1, 0.15) is 11.1 Å². The number of halogens is 4. The summed E-state index contributed by atoms with van der Waals surface area (Å²) in [6.45, 7) is 0. The first-order valence-corrected chi connectivity index (χ1v) is 7.12. The van der Waals surface area contributed by atoms with Crippen molar-refractivity contribution in [1.82, 2.24) is 0 Å². The number of rotatable bonds is 4. The molecule has 0 saturated heterocycles. The van der Waals surface area contributed by atoms with Crippen LogP contribution >= 0.6 is 11.6 Å². The Labute approximate surface area is 136 Å². The lowest BCUT2D eigenvalue weighted by Gasteiger charge is -2.15. The molecule has 0 spiro atoms. The van der Waals surface area contributed by atoms with Gasteiger partial charge >= 0.3 is 6.18 Å². The highest BCUT2D eigenvalue weighted by Gasteiger charge is 2.31. The average Bonchev–Trinajstić information content (AvgIpc) is 2.49. The van der Waals surface area contributed by atoms with E-state index < -0.39 is 23.7 Å². The summed E-state index contributed by atoms with van der Waals surface area (Å²) in [5, 5.41) is 2.36. The van der Waals surface area contributed by atoms with Crippen molar-refractivity contribution >= 4 is 23.2 Å². The van der Waals surface area contributed by atoms with E-state index in [9.17, 15) is 18.0 Å². The summed E-state index contributed by atoms with van der Waals surface area (Å²) in [5.41, 5.74) is 5.64. The van der Waals surface area contributed by atoms with Crippen LogP contribution in [0.5, 0.6) is 0 Å². The summed E-state index contributed by atoms with van der Waals surface area (Å²) in [7, 11) is 0. The van der Waals surface area contributed by atoms with Gasteiger partial charge in [0.25, 0.3) is 0 Å². The average molecular weight is 343 g/mol. The van der Waals surface area contributed by atoms with Gasteiger partial charge in [0, 0.05) is 0 Å². The molecule has 0 fully saturated rings. The summed E-state index contributed by atoms with van der Waals surface area (Å²) >= 11 is 5.83. The first kappa shape index (κ1) is 17.3. The predicted molar refractivity (Wildman–Crippen MR) is 83.2 cm³/mol. The largest absolute Gasteiger partial charge is 0.416 e. The van der Waals surface area contributed by atoms with Crippen molar-refractivity contribution in [3.63, 3.8) is 0 Å². The van der Waals surface area contributed by atoms with E-state index in [4.69, 9.17) is 17.3 Å². The van der Waals surface area contributed by atoms with Crippen molar-refractivity contribution in [3.8, 4) is 0 Å². The van der Waals surface area contributed by atoms with Crippen molar-refractivity contribution in [2.75, 3.05) is 5.32 Å². The maximum atomic E-state index is 12.7. The van der Waals surface area contributed by atoms with Crippen LogP contribution in [0.25, 0.3) is 0 Å². The normalized spacial score (nSPS) is 12.7. The maximum absolute atomic E-state index is 12.7. The van der Waals surface area contributed by atoms with Gasteiger partial charge in [-0.1, -0.05) is 41.9 Å². The van der Waals surface area contributed by atoms with Gasteiger partial charge < -0.3 is 11.1 Å². The molecule has 122 valence electrons. The highest BCUT2D eigenvalue weighted by Crippen LogP contribution is 2.33. The number of nitrogens with two attached hydrogens (primary N) is 1. The third-order valence-electron chi connectivity index (χ3n) is 3.19. The van der Waals surface area contributed by atoms with Crippen LogP contribution in [0.15, 0.2) is 48.5 Å². The molecule has 0 heterocycles. The lowest BCUT2D eigenvalue weighted by molar-refractivity contribution is -0.137. The van der Waals surface area contributed by atoms with E-state index in [0.717, 1.165) is 23.8 Å². The summed E-state index contributed by atoms with van der Waals surface area (Å²) in [6.07, 6.45) is -4.25. The second kappa shape index (κ2) is 7.02. The molecule has 0 saturated carbocycles. The molecular formula is C16H14ClF3N2O. The van der Waals surface area contributed by atoms with Crippen molar-refractivity contribution < 1.29 is 18.0 Å². The molecule has 2 aromatic carbocycles. The van der Waals surface area contributed by atoms with Crippen LogP contribution < -0.4 is 11.1 Å². The lowest BCUT2D eigenvalue weighted by atomic mass is 10.1. The number of hydrogen-bond acceptors (Lipinski definition) is 2. The number of hydrogen-bond donors (Lipinski definition) is 2. The lowest BCUT2D eigenvalue weighted by Crippen LogP contribution is -2.37. The number of anilines is 1. The third-order valence-corrected chi connectivity index (χ3v) is 3.52. The Balaban J connectivity index is 2.10. The minimum absolute atomic E-state index is 0.0123. The minimum atomic E-state index is -4.52. The third kappa shape index (κ3) is 4.71. The zero-order valence-corrected chi connectivity index (χ0v) is 12.7. The van der Waals surface area contributed by atoms with Gasteiger partial charge in [0.05, 0.1) is 22.3 Å². The predicted octanol–water partition coefficient (Wildman–Crippen LogP) is 3.87. The fourth-order valence-corrected chi connectivity index (χ4v) is 2.15. The van der Waals surface area contributed by atoms with E-state index in [1.165, 1.54) is 0 Å². The molecule has 0 aromatic heterocycles. The molecule has 2 rings (SSSR count). The van der Waals surface area contributed by atoms with Gasteiger partial charge in [-0.05, 0) is 30.2 Å². The van der Waals surface area contributed by atoms with Crippen molar-refractivity contribution in [3.05, 3.63) is 64.7 Å². The SMILES string of the molecule is NC(Cc1ccccc1)C(=O)Nc1cc(C(F)(F)F)ccc1Cl. The zero-order chi connectivity index (χ0) is 17.0. The van der Waals surface area contributed by atoms with Gasteiger partial charge in [-0.3, -0.25) is 4.79 Å². The van der Waals surface area contributed by atoms with Crippen LogP contribution in [0.4, 0.5) is 18.9 Å².